The van der Waals surface area contributed by atoms with Crippen molar-refractivity contribution < 1.29 is 32.8 Å². The SMILES string of the molecule is C=C(C)C(=O)O.CCC(C(=O)O)S(=O)(=O)O.[NaH]. The number of aliphatic carboxylic acids is 2. The van der Waals surface area contributed by atoms with Gasteiger partial charge in [0.15, 0.2) is 5.25 Å². The third-order valence-electron chi connectivity index (χ3n) is 1.37. The number of hydrogen-bond donors (Lipinski definition) is 3. The van der Waals surface area contributed by atoms with E-state index >= 15 is 0 Å². The Kier molecular flexibility index (Phi) is 12.3. The first kappa shape index (κ1) is 21.8. The summed E-state index contributed by atoms with van der Waals surface area (Å²) in [7, 11) is -4.41. The van der Waals surface area contributed by atoms with E-state index in [1.54, 1.807) is 0 Å². The summed E-state index contributed by atoms with van der Waals surface area (Å²) in [5.41, 5.74) is 0.176. The fourth-order valence-electron chi connectivity index (χ4n) is 0.513. The van der Waals surface area contributed by atoms with Gasteiger partial charge in [0.25, 0.3) is 10.1 Å². The Morgan fingerprint density at radius 3 is 1.59 bits per heavy atom. The molecule has 0 aliphatic rings. The van der Waals surface area contributed by atoms with Crippen LogP contribution in [0.4, 0.5) is 0 Å². The van der Waals surface area contributed by atoms with Crippen molar-refractivity contribution in [1.82, 2.24) is 0 Å². The third-order valence-corrected chi connectivity index (χ3v) is 2.62. The van der Waals surface area contributed by atoms with Crippen LogP contribution in [-0.2, 0) is 19.7 Å². The topological polar surface area (TPSA) is 129 Å². The van der Waals surface area contributed by atoms with E-state index in [1.165, 1.54) is 13.8 Å². The molecule has 0 spiro atoms. The summed E-state index contributed by atoms with van der Waals surface area (Å²) in [5, 5.41) is 14.4. The molecule has 0 aromatic rings. The van der Waals surface area contributed by atoms with Crippen molar-refractivity contribution in [3.63, 3.8) is 0 Å². The number of rotatable bonds is 4. The monoisotopic (exact) mass is 278 g/mol. The van der Waals surface area contributed by atoms with Gasteiger partial charge in [-0.05, 0) is 13.3 Å². The van der Waals surface area contributed by atoms with Gasteiger partial charge in [-0.1, -0.05) is 13.5 Å². The van der Waals surface area contributed by atoms with Crippen LogP contribution in [0, 0.1) is 0 Å². The molecule has 9 heteroatoms. The van der Waals surface area contributed by atoms with Crippen molar-refractivity contribution in [2.75, 3.05) is 0 Å². The first-order chi connectivity index (χ1) is 7.03. The van der Waals surface area contributed by atoms with Crippen LogP contribution in [-0.4, -0.2) is 69.9 Å². The third kappa shape index (κ3) is 11.8. The molecule has 1 atom stereocenters. The molecule has 1 unspecified atom stereocenters. The van der Waals surface area contributed by atoms with E-state index in [9.17, 15) is 18.0 Å². The molecule has 0 radical (unpaired) electrons. The Labute approximate surface area is 122 Å². The maximum atomic E-state index is 10.2. The van der Waals surface area contributed by atoms with Gasteiger partial charge in [0.2, 0.25) is 0 Å². The molecule has 96 valence electrons. The fraction of sp³-hybridized carbons (Fsp3) is 0.500. The number of carboxylic acid groups (broad SMARTS) is 2. The Balaban J connectivity index is -0.000000244. The van der Waals surface area contributed by atoms with Crippen LogP contribution in [0.5, 0.6) is 0 Å². The average Bonchev–Trinajstić information content (AvgIpc) is 2.02. The summed E-state index contributed by atoms with van der Waals surface area (Å²) in [6.45, 7) is 5.97. The van der Waals surface area contributed by atoms with E-state index in [0.717, 1.165) is 0 Å². The molecule has 0 amide bonds. The molecule has 0 rings (SSSR count). The van der Waals surface area contributed by atoms with Crippen LogP contribution in [0.3, 0.4) is 0 Å². The first-order valence-corrected chi connectivity index (χ1v) is 5.62. The van der Waals surface area contributed by atoms with E-state index in [0.29, 0.717) is 0 Å². The second-order valence-electron chi connectivity index (χ2n) is 2.84. The molecule has 0 saturated heterocycles. The predicted molar refractivity (Wildman–Crippen MR) is 62.9 cm³/mol. The van der Waals surface area contributed by atoms with Gasteiger partial charge in [-0.2, -0.15) is 8.42 Å². The normalized spacial score (nSPS) is 11.2. The summed E-state index contributed by atoms with van der Waals surface area (Å²) in [4.78, 5) is 19.6. The number of hydrogen-bond acceptors (Lipinski definition) is 4. The second-order valence-corrected chi connectivity index (χ2v) is 4.43. The van der Waals surface area contributed by atoms with E-state index in [4.69, 9.17) is 14.8 Å². The predicted octanol–water partition coefficient (Wildman–Crippen LogP) is -0.264. The summed E-state index contributed by atoms with van der Waals surface area (Å²) in [6, 6.07) is 0. The molecular weight excluding hydrogens is 263 g/mol. The van der Waals surface area contributed by atoms with Crippen LogP contribution >= 0.6 is 0 Å². The van der Waals surface area contributed by atoms with E-state index in [-0.39, 0.29) is 41.6 Å². The maximum absolute atomic E-state index is 10.2. The molecule has 0 heterocycles. The van der Waals surface area contributed by atoms with Crippen molar-refractivity contribution >= 4 is 51.6 Å². The van der Waals surface area contributed by atoms with Gasteiger partial charge < -0.3 is 10.2 Å². The van der Waals surface area contributed by atoms with E-state index in [1.807, 2.05) is 0 Å². The summed E-state index contributed by atoms with van der Waals surface area (Å²) >= 11 is 0. The molecule has 17 heavy (non-hydrogen) atoms. The molecule has 0 aliphatic carbocycles. The summed E-state index contributed by atoms with van der Waals surface area (Å²) < 4.78 is 28.6. The fourth-order valence-corrected chi connectivity index (χ4v) is 1.19. The zero-order chi connectivity index (χ0) is 13.5. The van der Waals surface area contributed by atoms with Gasteiger partial charge in [0.1, 0.15) is 0 Å². The van der Waals surface area contributed by atoms with Crippen molar-refractivity contribution in [3.8, 4) is 0 Å². The minimum absolute atomic E-state index is 0. The molecular formula is C8H15NaO7S. The van der Waals surface area contributed by atoms with Crippen LogP contribution in [0.1, 0.15) is 20.3 Å². The van der Waals surface area contributed by atoms with Gasteiger partial charge in [-0.15, -0.1) is 0 Å². The molecule has 0 saturated carbocycles. The van der Waals surface area contributed by atoms with Crippen LogP contribution in [0.2, 0.25) is 0 Å². The van der Waals surface area contributed by atoms with Gasteiger partial charge in [-0.25, -0.2) is 4.79 Å². The molecule has 7 nitrogen and oxygen atoms in total. The Hall–Kier alpha value is -0.410. The van der Waals surface area contributed by atoms with Crippen molar-refractivity contribution in [2.24, 2.45) is 0 Å². The van der Waals surface area contributed by atoms with E-state index in [2.05, 4.69) is 6.58 Å². The molecule has 0 aromatic heterocycles. The van der Waals surface area contributed by atoms with E-state index < -0.39 is 27.3 Å². The van der Waals surface area contributed by atoms with Gasteiger partial charge in [-0.3, -0.25) is 9.35 Å². The van der Waals surface area contributed by atoms with Gasteiger partial charge in [0.05, 0.1) is 0 Å². The Morgan fingerprint density at radius 2 is 1.59 bits per heavy atom. The minimum atomic E-state index is -4.41. The molecule has 0 fully saturated rings. The quantitative estimate of drug-likeness (QED) is 0.367. The summed E-state index contributed by atoms with van der Waals surface area (Å²) in [6.07, 6.45) is -0.131. The van der Waals surface area contributed by atoms with Crippen molar-refractivity contribution in [1.29, 1.82) is 0 Å². The molecule has 0 aliphatic heterocycles. The molecule has 0 bridgehead atoms. The molecule has 3 N–H and O–H groups in total. The van der Waals surface area contributed by atoms with Crippen LogP contribution in [0.15, 0.2) is 12.2 Å². The first-order valence-electron chi connectivity index (χ1n) is 4.11. The average molecular weight is 278 g/mol. The molecule has 0 aromatic carbocycles. The second kappa shape index (κ2) is 9.60. The van der Waals surface area contributed by atoms with Gasteiger partial charge >= 0.3 is 41.5 Å². The Bertz CT molecular complexity index is 361. The van der Waals surface area contributed by atoms with Crippen molar-refractivity contribution in [3.05, 3.63) is 12.2 Å². The Morgan fingerprint density at radius 1 is 1.29 bits per heavy atom. The van der Waals surface area contributed by atoms with Crippen LogP contribution < -0.4 is 0 Å². The summed E-state index contributed by atoms with van der Waals surface area (Å²) in [5.74, 6) is -2.46. The zero-order valence-corrected chi connectivity index (χ0v) is 9.69. The van der Waals surface area contributed by atoms with Crippen molar-refractivity contribution in [2.45, 2.75) is 25.5 Å². The standard InChI is InChI=1S/C4H8O5S.C4H6O2.Na.H/c1-2-3(4(5)6)10(7,8)9;1-3(2)4(5)6;;/h3H,2H2,1H3,(H,5,6)(H,7,8,9);1H2,2H3,(H,5,6);;. The number of carbonyl (C=O) groups is 2. The number of carboxylic acids is 2. The van der Waals surface area contributed by atoms with Crippen LogP contribution in [0.25, 0.3) is 0 Å². The van der Waals surface area contributed by atoms with Gasteiger partial charge in [0, 0.05) is 5.57 Å². The zero-order valence-electron chi connectivity index (χ0n) is 8.87.